The summed E-state index contributed by atoms with van der Waals surface area (Å²) in [4.78, 5) is 26.8. The molecular weight excluding hydrogens is 640 g/mol. The minimum Gasteiger partial charge on any atom is -0.497 e. The van der Waals surface area contributed by atoms with Crippen LogP contribution in [0.2, 0.25) is 0 Å². The Morgan fingerprint density at radius 1 is 1.06 bits per heavy atom. The van der Waals surface area contributed by atoms with Crippen LogP contribution in [-0.2, 0) is 30.7 Å². The van der Waals surface area contributed by atoms with Crippen molar-refractivity contribution in [3.8, 4) is 5.75 Å². The van der Waals surface area contributed by atoms with E-state index in [1.807, 2.05) is 44.2 Å². The van der Waals surface area contributed by atoms with E-state index >= 15 is 0 Å². The van der Waals surface area contributed by atoms with E-state index in [9.17, 15) is 23.1 Å². The molecule has 13 nitrogen and oxygen atoms in total. The van der Waals surface area contributed by atoms with Crippen LogP contribution in [0.4, 0.5) is 9.59 Å². The number of sulfonamides is 1. The van der Waals surface area contributed by atoms with E-state index in [1.54, 1.807) is 26.2 Å². The molecule has 3 amide bonds. The van der Waals surface area contributed by atoms with Crippen LogP contribution in [0, 0.1) is 11.3 Å². The molecule has 2 aromatic carbocycles. The molecule has 0 aromatic heterocycles. The van der Waals surface area contributed by atoms with Crippen molar-refractivity contribution in [3.63, 3.8) is 0 Å². The Morgan fingerprint density at radius 2 is 1.77 bits per heavy atom. The molecule has 48 heavy (non-hydrogen) atoms. The summed E-state index contributed by atoms with van der Waals surface area (Å²) in [6, 6.07) is 13.2. The highest BCUT2D eigenvalue weighted by molar-refractivity contribution is 7.89. The minimum absolute atomic E-state index is 0.00579. The maximum absolute atomic E-state index is 13.7. The average Bonchev–Trinajstić information content (AvgIpc) is 3.67. The number of benzene rings is 2. The van der Waals surface area contributed by atoms with Crippen molar-refractivity contribution < 1.29 is 42.1 Å². The van der Waals surface area contributed by atoms with Crippen molar-refractivity contribution in [1.82, 2.24) is 20.3 Å². The van der Waals surface area contributed by atoms with Gasteiger partial charge in [0.2, 0.25) is 10.0 Å². The molecule has 1 unspecified atom stereocenters. The lowest BCUT2D eigenvalue weighted by Gasteiger charge is -2.36. The summed E-state index contributed by atoms with van der Waals surface area (Å²) in [7, 11) is 0.707. The number of hydrogen-bond donors (Lipinski definition) is 4. The monoisotopic (exact) mass is 690 g/mol. The van der Waals surface area contributed by atoms with Crippen LogP contribution >= 0.6 is 0 Å². The second kappa shape index (κ2) is 16.8. The average molecular weight is 691 g/mol. The fraction of sp³-hybridized carbons (Fsp3) is 0.588. The highest BCUT2D eigenvalue weighted by Crippen LogP contribution is 2.34. The molecule has 14 heteroatoms. The number of alkyl carbamates (subject to hydrolysis) is 1. The number of fused-ring (bicyclic) bond motifs is 1. The Bertz CT molecular complexity index is 1440. The number of rotatable bonds is 16. The molecule has 2 aromatic rings. The van der Waals surface area contributed by atoms with Gasteiger partial charge in [-0.05, 0) is 67.3 Å². The third kappa shape index (κ3) is 10.5. The number of amides is 3. The fourth-order valence-corrected chi connectivity index (χ4v) is 7.40. The Labute approximate surface area is 283 Å². The first-order chi connectivity index (χ1) is 22.8. The zero-order chi connectivity index (χ0) is 34.9. The van der Waals surface area contributed by atoms with E-state index in [-0.39, 0.29) is 36.3 Å². The van der Waals surface area contributed by atoms with Gasteiger partial charge in [0.05, 0.1) is 49.3 Å². The normalized spacial score (nSPS) is 21.1. The van der Waals surface area contributed by atoms with Crippen molar-refractivity contribution in [2.24, 2.45) is 11.3 Å². The second-order valence-corrected chi connectivity index (χ2v) is 15.1. The third-order valence-corrected chi connectivity index (χ3v) is 10.3. The van der Waals surface area contributed by atoms with Gasteiger partial charge in [-0.15, -0.1) is 0 Å². The standard InChI is InChI=1S/C34H50N4O9S/c1-34(2,17-9-18-35-32(40)38(3)4)21-28(37-48(42,43)25-14-12-24(44-5)13-15-25)30(39)27(20-23-10-7-6-8-11-23)36-33(41)47-29-22-46-31-26(29)16-19-45-31/h6-8,10-15,26-31,37,39H,9,16-22H2,1-5H3,(H,35,40)(H,36,41)/t26-,27-,28?,29-,30+,31+/m0/s1. The van der Waals surface area contributed by atoms with Crippen LogP contribution in [0.25, 0.3) is 0 Å². The van der Waals surface area contributed by atoms with Gasteiger partial charge in [-0.2, -0.15) is 0 Å². The summed E-state index contributed by atoms with van der Waals surface area (Å²) >= 11 is 0. The number of aliphatic hydroxyl groups excluding tert-OH is 1. The van der Waals surface area contributed by atoms with E-state index in [2.05, 4.69) is 15.4 Å². The summed E-state index contributed by atoms with van der Waals surface area (Å²) in [6.07, 6.45) is -0.581. The van der Waals surface area contributed by atoms with Crippen molar-refractivity contribution in [1.29, 1.82) is 0 Å². The van der Waals surface area contributed by atoms with Crippen molar-refractivity contribution in [2.75, 3.05) is 41.0 Å². The molecule has 2 heterocycles. The number of aliphatic hydroxyl groups is 1. The summed E-state index contributed by atoms with van der Waals surface area (Å²) < 4.78 is 52.3. The van der Waals surface area contributed by atoms with Crippen LogP contribution in [0.15, 0.2) is 59.5 Å². The maximum Gasteiger partial charge on any atom is 0.407 e. The lowest BCUT2D eigenvalue weighted by atomic mass is 9.79. The Kier molecular flexibility index (Phi) is 13.1. The lowest BCUT2D eigenvalue weighted by Crippen LogP contribution is -2.56. The van der Waals surface area contributed by atoms with Gasteiger partial charge >= 0.3 is 12.1 Å². The summed E-state index contributed by atoms with van der Waals surface area (Å²) in [6.45, 7) is 5.14. The number of ether oxygens (including phenoxy) is 4. The van der Waals surface area contributed by atoms with E-state index in [1.165, 1.54) is 24.1 Å². The number of carbonyl (C=O) groups excluding carboxylic acids is 2. The van der Waals surface area contributed by atoms with Gasteiger partial charge in [-0.25, -0.2) is 22.7 Å². The molecule has 2 aliphatic rings. The van der Waals surface area contributed by atoms with Gasteiger partial charge in [0.25, 0.3) is 0 Å². The topological polar surface area (TPSA) is 165 Å². The molecule has 2 saturated heterocycles. The first-order valence-electron chi connectivity index (χ1n) is 16.3. The van der Waals surface area contributed by atoms with E-state index in [0.717, 1.165) is 5.56 Å². The molecule has 6 atom stereocenters. The summed E-state index contributed by atoms with van der Waals surface area (Å²) in [5, 5.41) is 17.7. The molecule has 2 aliphatic heterocycles. The number of nitrogens with one attached hydrogen (secondary N) is 3. The Balaban J connectivity index is 1.56. The van der Waals surface area contributed by atoms with Gasteiger partial charge in [-0.1, -0.05) is 44.2 Å². The molecule has 4 N–H and O–H groups in total. The molecule has 2 fully saturated rings. The van der Waals surface area contributed by atoms with Crippen LogP contribution in [0.3, 0.4) is 0 Å². The highest BCUT2D eigenvalue weighted by atomic mass is 32.2. The minimum atomic E-state index is -4.11. The van der Waals surface area contributed by atoms with Gasteiger partial charge in [-0.3, -0.25) is 0 Å². The van der Waals surface area contributed by atoms with Crippen LogP contribution in [0.1, 0.15) is 45.1 Å². The van der Waals surface area contributed by atoms with Gasteiger partial charge < -0.3 is 39.6 Å². The van der Waals surface area contributed by atoms with Crippen molar-refractivity contribution >= 4 is 22.1 Å². The smallest absolute Gasteiger partial charge is 0.407 e. The quantitative estimate of drug-likeness (QED) is 0.194. The molecule has 0 radical (unpaired) electrons. The van der Waals surface area contributed by atoms with Crippen molar-refractivity contribution in [3.05, 3.63) is 60.2 Å². The Hall–Kier alpha value is -3.43. The predicted molar refractivity (Wildman–Crippen MR) is 179 cm³/mol. The number of urea groups is 1. The van der Waals surface area contributed by atoms with E-state index in [0.29, 0.717) is 38.2 Å². The van der Waals surface area contributed by atoms with Crippen LogP contribution in [0.5, 0.6) is 5.75 Å². The lowest BCUT2D eigenvalue weighted by molar-refractivity contribution is -0.0907. The number of methoxy groups -OCH3 is 1. The predicted octanol–water partition coefficient (Wildman–Crippen LogP) is 3.27. The zero-order valence-corrected chi connectivity index (χ0v) is 29.2. The van der Waals surface area contributed by atoms with Gasteiger partial charge in [0.15, 0.2) is 6.29 Å². The molecule has 266 valence electrons. The second-order valence-electron chi connectivity index (χ2n) is 13.4. The van der Waals surface area contributed by atoms with Gasteiger partial charge in [0.1, 0.15) is 11.9 Å². The first kappa shape index (κ1) is 37.4. The third-order valence-electron chi connectivity index (χ3n) is 8.83. The molecule has 0 saturated carbocycles. The largest absolute Gasteiger partial charge is 0.497 e. The molecule has 0 bridgehead atoms. The van der Waals surface area contributed by atoms with Crippen LogP contribution < -0.4 is 20.1 Å². The van der Waals surface area contributed by atoms with Crippen LogP contribution in [-0.4, -0.2) is 102 Å². The number of carbonyl (C=O) groups is 2. The zero-order valence-electron chi connectivity index (χ0n) is 28.4. The first-order valence-corrected chi connectivity index (χ1v) is 17.8. The summed E-state index contributed by atoms with van der Waals surface area (Å²) in [5.41, 5.74) is 0.357. The molecule has 0 spiro atoms. The molecular formula is C34H50N4O9S. The van der Waals surface area contributed by atoms with E-state index < -0.39 is 52.1 Å². The SMILES string of the molecule is COc1ccc(S(=O)(=O)NC(CC(C)(C)CCCNC(=O)N(C)C)[C@H](O)[C@H](Cc2ccccc2)NC(=O)O[C@H]2CO[C@H]3OCC[C@H]32)cc1. The summed E-state index contributed by atoms with van der Waals surface area (Å²) in [5.74, 6) is 0.433. The number of nitrogens with zero attached hydrogens (tertiary/aromatic N) is 1. The number of hydrogen-bond acceptors (Lipinski definition) is 9. The van der Waals surface area contributed by atoms with E-state index in [4.69, 9.17) is 18.9 Å². The maximum atomic E-state index is 13.7. The Morgan fingerprint density at radius 3 is 2.44 bits per heavy atom. The van der Waals surface area contributed by atoms with Gasteiger partial charge in [0, 0.05) is 20.6 Å². The molecule has 0 aliphatic carbocycles. The fourth-order valence-electron chi connectivity index (χ4n) is 6.15. The van der Waals surface area contributed by atoms with Crippen molar-refractivity contribution in [2.45, 2.75) is 81.4 Å². The highest BCUT2D eigenvalue weighted by Gasteiger charge is 2.44. The molecule has 4 rings (SSSR count).